The van der Waals surface area contributed by atoms with Crippen LogP contribution in [0.15, 0.2) is 29.4 Å². The molecule has 0 heterocycles. The molecule has 1 aromatic carbocycles. The van der Waals surface area contributed by atoms with Gasteiger partial charge in [-0.05, 0) is 43.9 Å². The monoisotopic (exact) mass is 244 g/mol. The summed E-state index contributed by atoms with van der Waals surface area (Å²) in [6, 6.07) is 7.53. The number of hydrogen-bond donors (Lipinski definition) is 0. The highest BCUT2D eigenvalue weighted by Crippen LogP contribution is 2.11. The maximum atomic E-state index is 8.09. The van der Waals surface area contributed by atoms with Gasteiger partial charge in [0, 0.05) is 17.0 Å². The first-order valence-corrected chi connectivity index (χ1v) is 5.59. The van der Waals surface area contributed by atoms with Crippen molar-refractivity contribution in [3.05, 3.63) is 40.3 Å². The Morgan fingerprint density at radius 2 is 2.06 bits per heavy atom. The molecule has 0 aliphatic heterocycles. The Morgan fingerprint density at radius 3 is 2.67 bits per heavy atom. The largest absolute Gasteiger partial charge is 0.492 e. The average molecular weight is 244 g/mol. The fourth-order valence-electron chi connectivity index (χ4n) is 1.19. The Bertz CT molecular complexity index is 464. The summed E-state index contributed by atoms with van der Waals surface area (Å²) in [7, 11) is 4.01. The summed E-state index contributed by atoms with van der Waals surface area (Å²) in [5.41, 5.74) is 8.97. The molecule has 0 aliphatic rings. The van der Waals surface area contributed by atoms with Crippen LogP contribution in [0, 0.1) is 11.8 Å². The topological polar surface area (TPSA) is 61.2 Å². The number of nitrogens with zero attached hydrogens (tertiary/aromatic N) is 4. The Kier molecular flexibility index (Phi) is 6.20. The van der Waals surface area contributed by atoms with Gasteiger partial charge < -0.3 is 9.64 Å². The van der Waals surface area contributed by atoms with E-state index in [1.807, 2.05) is 38.4 Å². The molecule has 0 N–H and O–H groups in total. The SMILES string of the molecule is CN(C)CCOc1ccc(C#CCN=[N+]=[N-])cc1. The van der Waals surface area contributed by atoms with Gasteiger partial charge in [-0.15, -0.1) is 0 Å². The summed E-state index contributed by atoms with van der Waals surface area (Å²) in [6.07, 6.45) is 0. The molecule has 0 aliphatic carbocycles. The van der Waals surface area contributed by atoms with Gasteiger partial charge in [-0.25, -0.2) is 0 Å². The first-order valence-electron chi connectivity index (χ1n) is 5.59. The van der Waals surface area contributed by atoms with Gasteiger partial charge in [0.05, 0.1) is 6.54 Å². The molecule has 0 unspecified atom stereocenters. The van der Waals surface area contributed by atoms with Gasteiger partial charge >= 0.3 is 0 Å². The molecule has 1 aromatic rings. The van der Waals surface area contributed by atoms with Crippen molar-refractivity contribution < 1.29 is 4.74 Å². The van der Waals surface area contributed by atoms with Crippen LogP contribution >= 0.6 is 0 Å². The molecule has 0 aromatic heterocycles. The van der Waals surface area contributed by atoms with E-state index in [1.165, 1.54) is 0 Å². The van der Waals surface area contributed by atoms with Gasteiger partial charge in [-0.1, -0.05) is 17.0 Å². The molecule has 0 fully saturated rings. The van der Waals surface area contributed by atoms with E-state index in [2.05, 4.69) is 26.8 Å². The van der Waals surface area contributed by atoms with Gasteiger partial charge in [0.25, 0.3) is 0 Å². The summed E-state index contributed by atoms with van der Waals surface area (Å²) in [5, 5.41) is 3.34. The highest BCUT2D eigenvalue weighted by molar-refractivity contribution is 5.38. The van der Waals surface area contributed by atoms with E-state index in [4.69, 9.17) is 10.3 Å². The lowest BCUT2D eigenvalue weighted by Gasteiger charge is -2.10. The van der Waals surface area contributed by atoms with Crippen LogP contribution in [0.2, 0.25) is 0 Å². The zero-order chi connectivity index (χ0) is 13.2. The standard InChI is InChI=1S/C13H16N4O/c1-17(2)10-11-18-13-7-5-12(6-8-13)4-3-9-15-16-14/h5-8H,9-11H2,1-2H3. The lowest BCUT2D eigenvalue weighted by molar-refractivity contribution is 0.261. The van der Waals surface area contributed by atoms with Crippen LogP contribution in [0.1, 0.15) is 5.56 Å². The molecule has 0 spiro atoms. The molecule has 5 heteroatoms. The smallest absolute Gasteiger partial charge is 0.119 e. The lowest BCUT2D eigenvalue weighted by Crippen LogP contribution is -2.19. The molecule has 0 saturated carbocycles. The molecule has 0 atom stereocenters. The van der Waals surface area contributed by atoms with Crippen molar-refractivity contribution >= 4 is 0 Å². The van der Waals surface area contributed by atoms with Gasteiger partial charge in [-0.3, -0.25) is 0 Å². The molecular formula is C13H16N4O. The maximum absolute atomic E-state index is 8.09. The van der Waals surface area contributed by atoms with Crippen molar-refractivity contribution in [3.63, 3.8) is 0 Å². The molecule has 0 amide bonds. The summed E-state index contributed by atoms with van der Waals surface area (Å²) in [4.78, 5) is 4.69. The number of likely N-dealkylation sites (N-methyl/N-ethyl adjacent to an activating group) is 1. The number of ether oxygens (including phenoxy) is 1. The van der Waals surface area contributed by atoms with Gasteiger partial charge in [0.1, 0.15) is 12.4 Å². The number of hydrogen-bond acceptors (Lipinski definition) is 3. The van der Waals surface area contributed by atoms with Crippen LogP contribution in [0.25, 0.3) is 10.4 Å². The summed E-state index contributed by atoms with van der Waals surface area (Å²) < 4.78 is 5.56. The van der Waals surface area contributed by atoms with Gasteiger partial charge in [0.2, 0.25) is 0 Å². The van der Waals surface area contributed by atoms with Crippen LogP contribution in [-0.2, 0) is 0 Å². The average Bonchev–Trinajstić information content (AvgIpc) is 2.36. The summed E-state index contributed by atoms with van der Waals surface area (Å²) in [6.45, 7) is 1.74. The zero-order valence-electron chi connectivity index (χ0n) is 10.6. The van der Waals surface area contributed by atoms with Crippen LogP contribution in [0.3, 0.4) is 0 Å². The minimum absolute atomic E-state index is 0.192. The minimum Gasteiger partial charge on any atom is -0.492 e. The van der Waals surface area contributed by atoms with Crippen molar-refractivity contribution in [1.29, 1.82) is 0 Å². The zero-order valence-corrected chi connectivity index (χ0v) is 10.6. The Morgan fingerprint density at radius 1 is 1.33 bits per heavy atom. The minimum atomic E-state index is 0.192. The van der Waals surface area contributed by atoms with Gasteiger partial charge in [-0.2, -0.15) is 0 Å². The predicted molar refractivity (Wildman–Crippen MR) is 71.4 cm³/mol. The number of rotatable bonds is 5. The van der Waals surface area contributed by atoms with E-state index in [-0.39, 0.29) is 6.54 Å². The highest BCUT2D eigenvalue weighted by atomic mass is 16.5. The van der Waals surface area contributed by atoms with E-state index < -0.39 is 0 Å². The Labute approximate surface area is 107 Å². The third-order valence-corrected chi connectivity index (χ3v) is 2.11. The number of azide groups is 1. The molecule has 1 rings (SSSR count). The maximum Gasteiger partial charge on any atom is 0.119 e. The third-order valence-electron chi connectivity index (χ3n) is 2.11. The highest BCUT2D eigenvalue weighted by Gasteiger charge is 1.94. The van der Waals surface area contributed by atoms with E-state index in [9.17, 15) is 0 Å². The molecule has 0 radical (unpaired) electrons. The van der Waals surface area contributed by atoms with E-state index >= 15 is 0 Å². The molecule has 18 heavy (non-hydrogen) atoms. The van der Waals surface area contributed by atoms with E-state index in [0.717, 1.165) is 17.9 Å². The number of benzene rings is 1. The van der Waals surface area contributed by atoms with E-state index in [1.54, 1.807) is 0 Å². The lowest BCUT2D eigenvalue weighted by atomic mass is 10.2. The third kappa shape index (κ3) is 5.80. The van der Waals surface area contributed by atoms with Crippen LogP contribution in [0.5, 0.6) is 5.75 Å². The van der Waals surface area contributed by atoms with Crippen molar-refractivity contribution in [2.24, 2.45) is 5.11 Å². The molecule has 5 nitrogen and oxygen atoms in total. The predicted octanol–water partition coefficient (Wildman–Crippen LogP) is 2.29. The van der Waals surface area contributed by atoms with Crippen molar-refractivity contribution in [2.45, 2.75) is 0 Å². The molecular weight excluding hydrogens is 228 g/mol. The van der Waals surface area contributed by atoms with Crippen molar-refractivity contribution in [1.82, 2.24) is 4.90 Å². The fraction of sp³-hybridized carbons (Fsp3) is 0.385. The van der Waals surface area contributed by atoms with Crippen molar-refractivity contribution in [3.8, 4) is 17.6 Å². The normalized spacial score (nSPS) is 9.28. The van der Waals surface area contributed by atoms with E-state index in [0.29, 0.717) is 6.61 Å². The second-order valence-corrected chi connectivity index (χ2v) is 3.87. The fourth-order valence-corrected chi connectivity index (χ4v) is 1.19. The quantitative estimate of drug-likeness (QED) is 0.345. The summed E-state index contributed by atoms with van der Waals surface area (Å²) in [5.74, 6) is 6.50. The van der Waals surface area contributed by atoms with Gasteiger partial charge in [0.15, 0.2) is 0 Å². The first kappa shape index (κ1) is 13.9. The summed E-state index contributed by atoms with van der Waals surface area (Å²) >= 11 is 0. The second kappa shape index (κ2) is 8.02. The van der Waals surface area contributed by atoms with Crippen LogP contribution in [0.4, 0.5) is 0 Å². The first-order chi connectivity index (χ1) is 8.72. The Hall–Kier alpha value is -2.15. The molecule has 0 saturated heterocycles. The second-order valence-electron chi connectivity index (χ2n) is 3.87. The van der Waals surface area contributed by atoms with Crippen molar-refractivity contribution in [2.75, 3.05) is 33.8 Å². The molecule has 0 bridgehead atoms. The van der Waals surface area contributed by atoms with Crippen LogP contribution in [-0.4, -0.2) is 38.7 Å². The van der Waals surface area contributed by atoms with Crippen LogP contribution < -0.4 is 4.74 Å². The molecule has 94 valence electrons. The Balaban J connectivity index is 2.46.